The Balaban J connectivity index is 2.00. The van der Waals surface area contributed by atoms with Crippen LogP contribution in [0.3, 0.4) is 0 Å². The van der Waals surface area contributed by atoms with Gasteiger partial charge in [0.05, 0.1) is 5.02 Å². The minimum atomic E-state index is -0.0105. The van der Waals surface area contributed by atoms with E-state index in [4.69, 9.17) is 11.6 Å². The summed E-state index contributed by atoms with van der Waals surface area (Å²) in [6, 6.07) is 6.09. The second-order valence-corrected chi connectivity index (χ2v) is 6.25. The first kappa shape index (κ1) is 14.1. The van der Waals surface area contributed by atoms with Gasteiger partial charge in [-0.1, -0.05) is 11.6 Å². The van der Waals surface area contributed by atoms with Crippen molar-refractivity contribution in [3.63, 3.8) is 0 Å². The van der Waals surface area contributed by atoms with E-state index in [0.717, 1.165) is 23.0 Å². The molecule has 0 aliphatic carbocycles. The maximum atomic E-state index is 12.1. The summed E-state index contributed by atoms with van der Waals surface area (Å²) in [7, 11) is 0. The Hall–Kier alpha value is -0.330. The normalized spacial score (nSPS) is 23.7. The molecule has 5 heteroatoms. The predicted molar refractivity (Wildman–Crippen MR) is 82.1 cm³/mol. The molecule has 1 fully saturated rings. The van der Waals surface area contributed by atoms with Crippen LogP contribution in [0.4, 0.5) is 0 Å². The summed E-state index contributed by atoms with van der Waals surface area (Å²) in [6.45, 7) is 3.10. The van der Waals surface area contributed by atoms with Gasteiger partial charge in [0.1, 0.15) is 0 Å². The van der Waals surface area contributed by atoms with Crippen LogP contribution in [0.25, 0.3) is 0 Å². The van der Waals surface area contributed by atoms with Crippen molar-refractivity contribution >= 4 is 40.1 Å². The summed E-state index contributed by atoms with van der Waals surface area (Å²) >= 11 is 8.08. The monoisotopic (exact) mass is 378 g/mol. The van der Waals surface area contributed by atoms with Gasteiger partial charge in [-0.05, 0) is 67.1 Å². The van der Waals surface area contributed by atoms with E-state index in [-0.39, 0.29) is 11.9 Å². The lowest BCUT2D eigenvalue weighted by molar-refractivity contribution is 0.0925. The van der Waals surface area contributed by atoms with Gasteiger partial charge in [-0.3, -0.25) is 4.79 Å². The number of nitrogens with one attached hydrogen (secondary N) is 2. The Morgan fingerprint density at radius 2 is 2.33 bits per heavy atom. The average molecular weight is 379 g/mol. The summed E-state index contributed by atoms with van der Waals surface area (Å²) < 4.78 is 0.903. The number of benzene rings is 1. The van der Waals surface area contributed by atoms with Crippen LogP contribution < -0.4 is 10.6 Å². The lowest BCUT2D eigenvalue weighted by atomic mass is 10.0. The van der Waals surface area contributed by atoms with Gasteiger partial charge in [-0.15, -0.1) is 0 Å². The van der Waals surface area contributed by atoms with E-state index in [9.17, 15) is 4.79 Å². The second-order valence-electron chi connectivity index (χ2n) is 4.68. The highest BCUT2D eigenvalue weighted by Crippen LogP contribution is 2.19. The van der Waals surface area contributed by atoms with Crippen LogP contribution in [0.5, 0.6) is 0 Å². The Labute approximate surface area is 126 Å². The number of carbonyl (C=O) groups excluding carboxylic acids is 1. The van der Waals surface area contributed by atoms with Gasteiger partial charge in [0.2, 0.25) is 0 Å². The van der Waals surface area contributed by atoms with Gasteiger partial charge in [0.15, 0.2) is 0 Å². The van der Waals surface area contributed by atoms with E-state index in [2.05, 4.69) is 40.1 Å². The first-order chi connectivity index (χ1) is 8.56. The van der Waals surface area contributed by atoms with Crippen molar-refractivity contribution in [2.75, 3.05) is 6.54 Å². The van der Waals surface area contributed by atoms with Crippen molar-refractivity contribution in [3.8, 4) is 0 Å². The maximum absolute atomic E-state index is 12.1. The molecule has 1 aromatic rings. The average Bonchev–Trinajstić information content (AvgIpc) is 2.32. The number of rotatable bonds is 2. The fourth-order valence-corrected chi connectivity index (χ4v) is 2.80. The maximum Gasteiger partial charge on any atom is 0.251 e. The zero-order valence-corrected chi connectivity index (χ0v) is 13.1. The number of amides is 1. The second kappa shape index (κ2) is 6.21. The summed E-state index contributed by atoms with van der Waals surface area (Å²) in [4.78, 5) is 12.1. The molecule has 2 rings (SSSR count). The third kappa shape index (κ3) is 3.59. The summed E-state index contributed by atoms with van der Waals surface area (Å²) in [5, 5.41) is 7.14. The third-order valence-corrected chi connectivity index (χ3v) is 4.68. The van der Waals surface area contributed by atoms with Crippen molar-refractivity contribution in [2.24, 2.45) is 0 Å². The molecule has 1 aliphatic rings. The van der Waals surface area contributed by atoms with Gasteiger partial charge in [-0.2, -0.15) is 0 Å². The van der Waals surface area contributed by atoms with E-state index >= 15 is 0 Å². The third-order valence-electron chi connectivity index (χ3n) is 3.14. The zero-order chi connectivity index (χ0) is 13.1. The van der Waals surface area contributed by atoms with Gasteiger partial charge in [0.25, 0.3) is 5.91 Å². The van der Waals surface area contributed by atoms with Crippen LogP contribution in [0, 0.1) is 3.57 Å². The van der Waals surface area contributed by atoms with Crippen LogP contribution in [-0.4, -0.2) is 24.5 Å². The summed E-state index contributed by atoms with van der Waals surface area (Å²) in [6.07, 6.45) is 1.97. The van der Waals surface area contributed by atoms with Gasteiger partial charge in [-0.25, -0.2) is 0 Å². The topological polar surface area (TPSA) is 41.1 Å². The Morgan fingerprint density at radius 1 is 1.56 bits per heavy atom. The number of hydrogen-bond donors (Lipinski definition) is 2. The molecule has 98 valence electrons. The molecule has 1 aliphatic heterocycles. The number of hydrogen-bond acceptors (Lipinski definition) is 2. The van der Waals surface area contributed by atoms with Crippen LogP contribution in [0.15, 0.2) is 18.2 Å². The zero-order valence-electron chi connectivity index (χ0n) is 10.2. The van der Waals surface area contributed by atoms with E-state index < -0.39 is 0 Å². The van der Waals surface area contributed by atoms with Crippen LogP contribution in [0.1, 0.15) is 30.1 Å². The SMILES string of the molecule is CC1CC(NC(=O)c2ccc(Cl)c(I)c2)CCN1. The highest BCUT2D eigenvalue weighted by atomic mass is 127. The molecule has 1 amide bonds. The molecule has 1 saturated heterocycles. The molecule has 18 heavy (non-hydrogen) atoms. The first-order valence-corrected chi connectivity index (χ1v) is 7.51. The molecule has 0 radical (unpaired) electrons. The van der Waals surface area contributed by atoms with E-state index in [0.29, 0.717) is 16.6 Å². The van der Waals surface area contributed by atoms with Crippen LogP contribution >= 0.6 is 34.2 Å². The first-order valence-electron chi connectivity index (χ1n) is 6.05. The van der Waals surface area contributed by atoms with Gasteiger partial charge in [0, 0.05) is 21.2 Å². The minimum Gasteiger partial charge on any atom is -0.349 e. The van der Waals surface area contributed by atoms with Crippen LogP contribution in [-0.2, 0) is 0 Å². The highest BCUT2D eigenvalue weighted by Gasteiger charge is 2.20. The van der Waals surface area contributed by atoms with E-state index in [1.54, 1.807) is 12.1 Å². The summed E-state index contributed by atoms with van der Waals surface area (Å²) in [5.41, 5.74) is 0.676. The van der Waals surface area contributed by atoms with Crippen LogP contribution in [0.2, 0.25) is 5.02 Å². The number of carbonyl (C=O) groups is 1. The minimum absolute atomic E-state index is 0.0105. The quantitative estimate of drug-likeness (QED) is 0.777. The van der Waals surface area contributed by atoms with Crippen molar-refractivity contribution in [3.05, 3.63) is 32.4 Å². The lowest BCUT2D eigenvalue weighted by Crippen LogP contribution is -2.46. The predicted octanol–water partition coefficient (Wildman–Crippen LogP) is 2.81. The standard InChI is InChI=1S/C13H16ClIN2O/c1-8-6-10(4-5-16-8)17-13(18)9-2-3-11(14)12(15)7-9/h2-3,7-8,10,16H,4-6H2,1H3,(H,17,18). The Kier molecular flexibility index (Phi) is 4.86. The van der Waals surface area contributed by atoms with Crippen molar-refractivity contribution in [1.29, 1.82) is 0 Å². The molecular weight excluding hydrogens is 363 g/mol. The van der Waals surface area contributed by atoms with E-state index in [1.807, 2.05) is 6.07 Å². The molecule has 1 heterocycles. The molecule has 0 bridgehead atoms. The molecule has 2 atom stereocenters. The summed E-state index contributed by atoms with van der Waals surface area (Å²) in [5.74, 6) is -0.0105. The molecule has 2 N–H and O–H groups in total. The number of halogens is 2. The highest BCUT2D eigenvalue weighted by molar-refractivity contribution is 14.1. The number of piperidine rings is 1. The Bertz CT molecular complexity index is 453. The molecule has 0 spiro atoms. The fraction of sp³-hybridized carbons (Fsp3) is 0.462. The van der Waals surface area contributed by atoms with Crippen molar-refractivity contribution in [1.82, 2.24) is 10.6 Å². The fourth-order valence-electron chi connectivity index (χ4n) is 2.17. The molecule has 2 unspecified atom stereocenters. The molecule has 0 saturated carbocycles. The van der Waals surface area contributed by atoms with Crippen molar-refractivity contribution in [2.45, 2.75) is 31.8 Å². The molecule has 3 nitrogen and oxygen atoms in total. The smallest absolute Gasteiger partial charge is 0.251 e. The van der Waals surface area contributed by atoms with Gasteiger partial charge >= 0.3 is 0 Å². The molecule has 0 aromatic heterocycles. The van der Waals surface area contributed by atoms with E-state index in [1.165, 1.54) is 0 Å². The molecular formula is C13H16ClIN2O. The largest absolute Gasteiger partial charge is 0.349 e. The Morgan fingerprint density at radius 3 is 3.00 bits per heavy atom. The van der Waals surface area contributed by atoms with Gasteiger partial charge < -0.3 is 10.6 Å². The van der Waals surface area contributed by atoms with Crippen molar-refractivity contribution < 1.29 is 4.79 Å². The molecule has 1 aromatic carbocycles. The lowest BCUT2D eigenvalue weighted by Gasteiger charge is -2.28.